The summed E-state index contributed by atoms with van der Waals surface area (Å²) in [6, 6.07) is 21.2. The number of fused-ring (bicyclic) bond motifs is 1. The molecule has 7 nitrogen and oxygen atoms in total. The highest BCUT2D eigenvalue weighted by Crippen LogP contribution is 2.26. The van der Waals surface area contributed by atoms with Crippen molar-refractivity contribution in [3.05, 3.63) is 120 Å². The van der Waals surface area contributed by atoms with Crippen LogP contribution < -0.4 is 11.0 Å². The maximum absolute atomic E-state index is 13.6. The van der Waals surface area contributed by atoms with Gasteiger partial charge >= 0.3 is 5.69 Å². The molecule has 0 fully saturated rings. The van der Waals surface area contributed by atoms with Gasteiger partial charge in [-0.3, -0.25) is 18.7 Å². The Morgan fingerprint density at radius 2 is 1.68 bits per heavy atom. The first-order chi connectivity index (χ1) is 17.8. The molecule has 1 N–H and O–H groups in total. The minimum atomic E-state index is -0.411. The van der Waals surface area contributed by atoms with Crippen LogP contribution in [0.25, 0.3) is 5.69 Å². The van der Waals surface area contributed by atoms with Gasteiger partial charge in [0.15, 0.2) is 0 Å². The van der Waals surface area contributed by atoms with Gasteiger partial charge in [-0.15, -0.1) is 0 Å². The predicted molar refractivity (Wildman–Crippen MR) is 147 cm³/mol. The molecule has 188 valence electrons. The van der Waals surface area contributed by atoms with Gasteiger partial charge in [0, 0.05) is 34.7 Å². The third-order valence-electron chi connectivity index (χ3n) is 6.23. The molecule has 0 unspecified atom stereocenters. The van der Waals surface area contributed by atoms with E-state index in [0.717, 1.165) is 5.56 Å². The fourth-order valence-corrected chi connectivity index (χ4v) is 4.92. The summed E-state index contributed by atoms with van der Waals surface area (Å²) in [7, 11) is 0. The Morgan fingerprint density at radius 3 is 2.38 bits per heavy atom. The van der Waals surface area contributed by atoms with E-state index in [2.05, 4.69) is 21.2 Å². The summed E-state index contributed by atoms with van der Waals surface area (Å²) >= 11 is 15.6. The van der Waals surface area contributed by atoms with Crippen molar-refractivity contribution in [3.63, 3.8) is 0 Å². The highest BCUT2D eigenvalue weighted by Gasteiger charge is 2.32. The normalized spacial score (nSPS) is 12.8. The number of aromatic nitrogens is 2. The first kappa shape index (κ1) is 25.3. The topological polar surface area (TPSA) is 76.3 Å². The Hall–Kier alpha value is -3.33. The number of halogens is 3. The van der Waals surface area contributed by atoms with Crippen LogP contribution in [0.5, 0.6) is 0 Å². The summed E-state index contributed by atoms with van der Waals surface area (Å²) in [5.74, 6) is -0.645. The third-order valence-corrected chi connectivity index (χ3v) is 7.71. The molecule has 0 aliphatic carbocycles. The number of nitrogens with zero attached hydrogens (tertiary/aromatic N) is 3. The van der Waals surface area contributed by atoms with Crippen molar-refractivity contribution < 1.29 is 9.59 Å². The molecule has 0 saturated carbocycles. The molecule has 0 saturated heterocycles. The SMILES string of the molecule is O=C(NCc1ccccc1)c1c2n(c(=O)n1-c1ccc(Cl)cc1)CCN(C(=O)c1ccc(Br)c(Cl)c1)C2. The molecule has 3 aromatic carbocycles. The summed E-state index contributed by atoms with van der Waals surface area (Å²) in [6.07, 6.45) is 0. The van der Waals surface area contributed by atoms with Crippen LogP contribution in [-0.2, 0) is 19.6 Å². The van der Waals surface area contributed by atoms with E-state index in [1.165, 1.54) is 4.57 Å². The van der Waals surface area contributed by atoms with Gasteiger partial charge in [-0.05, 0) is 64.0 Å². The average Bonchev–Trinajstić information content (AvgIpc) is 3.21. The van der Waals surface area contributed by atoms with Crippen molar-refractivity contribution in [1.82, 2.24) is 19.4 Å². The number of nitrogens with one attached hydrogen (secondary N) is 1. The highest BCUT2D eigenvalue weighted by molar-refractivity contribution is 9.10. The second-order valence-corrected chi connectivity index (χ2v) is 10.3. The molecule has 10 heteroatoms. The second-order valence-electron chi connectivity index (χ2n) is 8.57. The second kappa shape index (κ2) is 10.6. The Labute approximate surface area is 231 Å². The Balaban J connectivity index is 1.53. The van der Waals surface area contributed by atoms with Crippen LogP contribution in [-0.4, -0.2) is 32.4 Å². The van der Waals surface area contributed by atoms with E-state index in [1.807, 2.05) is 30.3 Å². The number of amides is 2. The Morgan fingerprint density at radius 1 is 0.946 bits per heavy atom. The quantitative estimate of drug-likeness (QED) is 0.338. The molecule has 0 radical (unpaired) electrons. The molecule has 1 aliphatic heterocycles. The Bertz CT molecular complexity index is 1550. The minimum absolute atomic E-state index is 0.0937. The monoisotopic (exact) mass is 598 g/mol. The van der Waals surface area contributed by atoms with Crippen molar-refractivity contribution in [2.75, 3.05) is 6.54 Å². The molecular formula is C27H21BrCl2N4O3. The zero-order valence-electron chi connectivity index (χ0n) is 19.5. The number of rotatable bonds is 5. The van der Waals surface area contributed by atoms with Crippen LogP contribution in [0.15, 0.2) is 82.1 Å². The molecule has 0 spiro atoms. The molecule has 0 bridgehead atoms. The number of carbonyl (C=O) groups excluding carboxylic acids is 2. The molecule has 1 aliphatic rings. The van der Waals surface area contributed by atoms with Gasteiger partial charge < -0.3 is 10.2 Å². The number of imidazole rings is 1. The fourth-order valence-electron chi connectivity index (χ4n) is 4.37. The van der Waals surface area contributed by atoms with E-state index in [9.17, 15) is 14.4 Å². The van der Waals surface area contributed by atoms with E-state index in [1.54, 1.807) is 51.9 Å². The summed E-state index contributed by atoms with van der Waals surface area (Å²) in [5.41, 5.74) is 2.17. The first-order valence-electron chi connectivity index (χ1n) is 11.5. The highest BCUT2D eigenvalue weighted by atomic mass is 79.9. The molecule has 1 aromatic heterocycles. The Kier molecular flexibility index (Phi) is 7.24. The van der Waals surface area contributed by atoms with Gasteiger partial charge in [0.25, 0.3) is 11.8 Å². The largest absolute Gasteiger partial charge is 0.347 e. The van der Waals surface area contributed by atoms with Crippen LogP contribution >= 0.6 is 39.1 Å². The van der Waals surface area contributed by atoms with E-state index < -0.39 is 5.91 Å². The summed E-state index contributed by atoms with van der Waals surface area (Å²) < 4.78 is 3.64. The van der Waals surface area contributed by atoms with E-state index >= 15 is 0 Å². The van der Waals surface area contributed by atoms with Crippen molar-refractivity contribution in [3.8, 4) is 5.69 Å². The smallest absolute Gasteiger partial charge is 0.333 e. The van der Waals surface area contributed by atoms with Crippen molar-refractivity contribution in [2.24, 2.45) is 0 Å². The zero-order valence-corrected chi connectivity index (χ0v) is 22.6. The first-order valence-corrected chi connectivity index (χ1v) is 13.0. The number of carbonyl (C=O) groups is 2. The van der Waals surface area contributed by atoms with Crippen molar-refractivity contribution >= 4 is 50.9 Å². The molecule has 5 rings (SSSR count). The molecule has 37 heavy (non-hydrogen) atoms. The lowest BCUT2D eigenvalue weighted by Gasteiger charge is -2.28. The lowest BCUT2D eigenvalue weighted by Crippen LogP contribution is -2.41. The molecule has 0 atom stereocenters. The minimum Gasteiger partial charge on any atom is -0.347 e. The average molecular weight is 600 g/mol. The van der Waals surface area contributed by atoms with Gasteiger partial charge in [-0.25, -0.2) is 4.79 Å². The molecule has 2 amide bonds. The number of hydrogen-bond donors (Lipinski definition) is 1. The van der Waals surface area contributed by atoms with Crippen LogP contribution in [0.1, 0.15) is 32.1 Å². The summed E-state index contributed by atoms with van der Waals surface area (Å²) in [4.78, 5) is 42.0. The maximum Gasteiger partial charge on any atom is 0.333 e. The maximum atomic E-state index is 13.6. The summed E-state index contributed by atoms with van der Waals surface area (Å²) in [5, 5.41) is 3.87. The van der Waals surface area contributed by atoms with Crippen LogP contribution in [0.3, 0.4) is 0 Å². The van der Waals surface area contributed by atoms with Crippen molar-refractivity contribution in [1.29, 1.82) is 0 Å². The van der Waals surface area contributed by atoms with Crippen LogP contribution in [0.4, 0.5) is 0 Å². The van der Waals surface area contributed by atoms with Gasteiger partial charge in [0.2, 0.25) is 0 Å². The van der Waals surface area contributed by atoms with Crippen LogP contribution in [0, 0.1) is 0 Å². The number of benzene rings is 3. The van der Waals surface area contributed by atoms with Crippen molar-refractivity contribution in [2.45, 2.75) is 19.6 Å². The van der Waals surface area contributed by atoms with Gasteiger partial charge in [0.05, 0.1) is 22.9 Å². The zero-order chi connectivity index (χ0) is 26.1. The fraction of sp³-hybridized carbons (Fsp3) is 0.148. The van der Waals surface area contributed by atoms with E-state index in [4.69, 9.17) is 23.2 Å². The van der Waals surface area contributed by atoms with E-state index in [0.29, 0.717) is 44.6 Å². The van der Waals surface area contributed by atoms with Gasteiger partial charge in [0.1, 0.15) is 5.69 Å². The molecule has 4 aromatic rings. The van der Waals surface area contributed by atoms with Gasteiger partial charge in [-0.2, -0.15) is 0 Å². The standard InChI is InChI=1S/C27H21BrCl2N4O3/c28-21-11-6-18(14-22(21)30)26(36)32-12-13-33-23(16-32)24(25(35)31-15-17-4-2-1-3-5-17)34(27(33)37)20-9-7-19(29)8-10-20/h1-11,14H,12-13,15-16H2,(H,31,35). The van der Waals surface area contributed by atoms with Gasteiger partial charge in [-0.1, -0.05) is 53.5 Å². The predicted octanol–water partition coefficient (Wildman–Crippen LogP) is 5.29. The number of hydrogen-bond acceptors (Lipinski definition) is 3. The van der Waals surface area contributed by atoms with E-state index in [-0.39, 0.29) is 30.4 Å². The summed E-state index contributed by atoms with van der Waals surface area (Å²) in [6.45, 7) is 0.953. The lowest BCUT2D eigenvalue weighted by molar-refractivity contribution is 0.0706. The lowest BCUT2D eigenvalue weighted by atomic mass is 10.1. The van der Waals surface area contributed by atoms with Crippen LogP contribution in [0.2, 0.25) is 10.0 Å². The third kappa shape index (κ3) is 5.09. The molecular weight excluding hydrogens is 579 g/mol. The molecule has 2 heterocycles.